The molecule has 9 heteroatoms. The SMILES string of the molecule is COc1ccc(C2NC(=S)N(c3ccc(F)cc3)C(C)=C2c2nc(-c3ccccc3)no2)cc1O. The molecule has 0 amide bonds. The molecule has 0 saturated heterocycles. The van der Waals surface area contributed by atoms with Crippen LogP contribution in [-0.4, -0.2) is 27.5 Å². The minimum atomic E-state index is -0.500. The molecule has 3 aromatic carbocycles. The molecule has 0 radical (unpaired) electrons. The van der Waals surface area contributed by atoms with Gasteiger partial charge in [0.15, 0.2) is 16.6 Å². The van der Waals surface area contributed by atoms with Crippen molar-refractivity contribution in [2.45, 2.75) is 13.0 Å². The van der Waals surface area contributed by atoms with Crippen molar-refractivity contribution in [1.82, 2.24) is 15.5 Å². The zero-order chi connectivity index (χ0) is 24.5. The maximum Gasteiger partial charge on any atom is 0.258 e. The van der Waals surface area contributed by atoms with E-state index in [1.807, 2.05) is 43.3 Å². The first-order valence-electron chi connectivity index (χ1n) is 10.8. The summed E-state index contributed by atoms with van der Waals surface area (Å²) in [5.41, 5.74) is 3.61. The van der Waals surface area contributed by atoms with Crippen LogP contribution in [0.2, 0.25) is 0 Å². The van der Waals surface area contributed by atoms with Gasteiger partial charge in [-0.2, -0.15) is 4.98 Å². The lowest BCUT2D eigenvalue weighted by Crippen LogP contribution is -2.46. The highest BCUT2D eigenvalue weighted by atomic mass is 32.1. The quantitative estimate of drug-likeness (QED) is 0.359. The van der Waals surface area contributed by atoms with E-state index in [1.54, 1.807) is 29.2 Å². The normalized spacial score (nSPS) is 15.8. The average molecular weight is 489 g/mol. The molecule has 0 aliphatic carbocycles. The van der Waals surface area contributed by atoms with Gasteiger partial charge in [0.25, 0.3) is 5.89 Å². The standard InChI is InChI=1S/C26H21FN4O3S/c1-15-22(25-29-24(30-34-25)16-6-4-3-5-7-16)23(17-8-13-21(33-2)20(32)14-17)28-26(35)31(15)19-11-9-18(27)10-12-19/h3-14,23,32H,1-2H3,(H,28,35). The molecule has 2 heterocycles. The van der Waals surface area contributed by atoms with Crippen LogP contribution in [-0.2, 0) is 0 Å². The summed E-state index contributed by atoms with van der Waals surface area (Å²) < 4.78 is 24.5. The number of benzene rings is 3. The van der Waals surface area contributed by atoms with Gasteiger partial charge in [-0.25, -0.2) is 4.39 Å². The van der Waals surface area contributed by atoms with Gasteiger partial charge in [-0.05, 0) is 61.1 Å². The number of phenolic OH excluding ortho intramolecular Hbond substituents is 1. The van der Waals surface area contributed by atoms with Crippen molar-refractivity contribution in [3.8, 4) is 22.9 Å². The Hall–Kier alpha value is -4.24. The predicted molar refractivity (Wildman–Crippen MR) is 134 cm³/mol. The maximum atomic E-state index is 13.6. The third-order valence-corrected chi connectivity index (χ3v) is 6.09. The molecule has 176 valence electrons. The molecular formula is C26H21FN4O3S. The Morgan fingerprint density at radius 1 is 1.09 bits per heavy atom. The summed E-state index contributed by atoms with van der Waals surface area (Å²) in [4.78, 5) is 6.45. The third-order valence-electron chi connectivity index (χ3n) is 5.79. The Bertz CT molecular complexity index is 1420. The van der Waals surface area contributed by atoms with Gasteiger partial charge in [-0.3, -0.25) is 4.90 Å². The van der Waals surface area contributed by atoms with E-state index < -0.39 is 6.04 Å². The maximum absolute atomic E-state index is 13.6. The fourth-order valence-electron chi connectivity index (χ4n) is 4.10. The zero-order valence-corrected chi connectivity index (χ0v) is 19.7. The molecular weight excluding hydrogens is 467 g/mol. The molecule has 1 unspecified atom stereocenters. The molecule has 7 nitrogen and oxygen atoms in total. The highest BCUT2D eigenvalue weighted by Crippen LogP contribution is 2.41. The Labute approximate surface area is 206 Å². The molecule has 2 N–H and O–H groups in total. The number of thiocarbonyl (C=S) groups is 1. The van der Waals surface area contributed by atoms with Crippen molar-refractivity contribution in [1.29, 1.82) is 0 Å². The largest absolute Gasteiger partial charge is 0.504 e. The first-order valence-corrected chi connectivity index (χ1v) is 11.2. The van der Waals surface area contributed by atoms with Crippen LogP contribution in [0.15, 0.2) is 83.0 Å². The molecule has 0 saturated carbocycles. The lowest BCUT2D eigenvalue weighted by molar-refractivity contribution is 0.372. The summed E-state index contributed by atoms with van der Waals surface area (Å²) in [5.74, 6) is 0.739. The second kappa shape index (κ2) is 9.19. The van der Waals surface area contributed by atoms with E-state index in [0.717, 1.165) is 16.8 Å². The molecule has 4 aromatic rings. The number of nitrogens with one attached hydrogen (secondary N) is 1. The first kappa shape index (κ1) is 22.5. The number of methoxy groups -OCH3 is 1. The summed E-state index contributed by atoms with van der Waals surface area (Å²) in [6.07, 6.45) is 0. The number of aromatic hydroxyl groups is 1. The monoisotopic (exact) mass is 488 g/mol. The number of aromatic nitrogens is 2. The van der Waals surface area contributed by atoms with Gasteiger partial charge in [-0.1, -0.05) is 41.6 Å². The highest BCUT2D eigenvalue weighted by molar-refractivity contribution is 7.80. The van der Waals surface area contributed by atoms with E-state index in [0.29, 0.717) is 33.8 Å². The van der Waals surface area contributed by atoms with Crippen LogP contribution in [0.1, 0.15) is 24.4 Å². The zero-order valence-electron chi connectivity index (χ0n) is 18.9. The van der Waals surface area contributed by atoms with Crippen molar-refractivity contribution in [2.24, 2.45) is 0 Å². The lowest BCUT2D eigenvalue weighted by Gasteiger charge is -2.37. The Morgan fingerprint density at radius 2 is 1.83 bits per heavy atom. The summed E-state index contributed by atoms with van der Waals surface area (Å²) in [6.45, 7) is 1.88. The summed E-state index contributed by atoms with van der Waals surface area (Å²) in [7, 11) is 1.49. The number of allylic oxidation sites excluding steroid dienone is 1. The first-order chi connectivity index (χ1) is 17.0. The summed E-state index contributed by atoms with van der Waals surface area (Å²) in [5, 5.41) is 18.3. The predicted octanol–water partition coefficient (Wildman–Crippen LogP) is 5.46. The molecule has 1 aliphatic rings. The van der Waals surface area contributed by atoms with E-state index in [9.17, 15) is 9.50 Å². The van der Waals surface area contributed by atoms with Crippen molar-refractivity contribution in [2.75, 3.05) is 12.0 Å². The topological polar surface area (TPSA) is 83.7 Å². The number of nitrogens with zero attached hydrogens (tertiary/aromatic N) is 3. The van der Waals surface area contributed by atoms with Gasteiger partial charge in [0, 0.05) is 16.9 Å². The smallest absolute Gasteiger partial charge is 0.258 e. The Morgan fingerprint density at radius 3 is 2.51 bits per heavy atom. The molecule has 0 fully saturated rings. The van der Waals surface area contributed by atoms with Gasteiger partial charge in [0.1, 0.15) is 5.82 Å². The van der Waals surface area contributed by atoms with E-state index in [1.165, 1.54) is 19.2 Å². The van der Waals surface area contributed by atoms with Crippen molar-refractivity contribution >= 4 is 28.6 Å². The van der Waals surface area contributed by atoms with E-state index >= 15 is 0 Å². The Balaban J connectivity index is 1.66. The molecule has 1 aliphatic heterocycles. The van der Waals surface area contributed by atoms with E-state index in [-0.39, 0.29) is 11.6 Å². The summed E-state index contributed by atoms with van der Waals surface area (Å²) in [6, 6.07) is 20.2. The van der Waals surface area contributed by atoms with Crippen LogP contribution in [0.3, 0.4) is 0 Å². The Kier molecular flexibility index (Phi) is 5.92. The van der Waals surface area contributed by atoms with Gasteiger partial charge >= 0.3 is 0 Å². The minimum Gasteiger partial charge on any atom is -0.504 e. The second-order valence-corrected chi connectivity index (χ2v) is 8.30. The number of rotatable bonds is 5. The fraction of sp³-hybridized carbons (Fsp3) is 0.115. The van der Waals surface area contributed by atoms with Crippen LogP contribution in [0.25, 0.3) is 17.0 Å². The number of hydrogen-bond acceptors (Lipinski definition) is 6. The van der Waals surface area contributed by atoms with E-state index in [2.05, 4.69) is 15.5 Å². The second-order valence-electron chi connectivity index (χ2n) is 7.91. The number of hydrogen-bond donors (Lipinski definition) is 2. The van der Waals surface area contributed by atoms with Crippen molar-refractivity contribution < 1.29 is 18.8 Å². The van der Waals surface area contributed by atoms with Crippen LogP contribution >= 0.6 is 12.2 Å². The average Bonchev–Trinajstić information content (AvgIpc) is 3.35. The van der Waals surface area contributed by atoms with Gasteiger partial charge < -0.3 is 19.7 Å². The minimum absolute atomic E-state index is 0.00816. The molecule has 5 rings (SSSR count). The van der Waals surface area contributed by atoms with Crippen LogP contribution in [0.4, 0.5) is 10.1 Å². The lowest BCUT2D eigenvalue weighted by atomic mass is 9.94. The van der Waals surface area contributed by atoms with Crippen LogP contribution < -0.4 is 15.0 Å². The molecule has 0 spiro atoms. The number of anilines is 1. The molecule has 35 heavy (non-hydrogen) atoms. The number of phenols is 1. The number of ether oxygens (including phenoxy) is 1. The van der Waals surface area contributed by atoms with Gasteiger partial charge in [-0.15, -0.1) is 0 Å². The molecule has 0 bridgehead atoms. The van der Waals surface area contributed by atoms with Crippen LogP contribution in [0.5, 0.6) is 11.5 Å². The van der Waals surface area contributed by atoms with Crippen molar-refractivity contribution in [3.05, 3.63) is 95.8 Å². The van der Waals surface area contributed by atoms with Gasteiger partial charge in [0.2, 0.25) is 5.82 Å². The third kappa shape index (κ3) is 4.22. The van der Waals surface area contributed by atoms with Crippen molar-refractivity contribution in [3.63, 3.8) is 0 Å². The highest BCUT2D eigenvalue weighted by Gasteiger charge is 2.35. The van der Waals surface area contributed by atoms with Crippen LogP contribution in [0, 0.1) is 5.82 Å². The molecule has 1 aromatic heterocycles. The number of halogens is 1. The summed E-state index contributed by atoms with van der Waals surface area (Å²) >= 11 is 5.70. The molecule has 1 atom stereocenters. The van der Waals surface area contributed by atoms with Gasteiger partial charge in [0.05, 0.1) is 18.7 Å². The van der Waals surface area contributed by atoms with E-state index in [4.69, 9.17) is 21.5 Å². The fourth-order valence-corrected chi connectivity index (χ4v) is 4.46.